The first-order valence-corrected chi connectivity index (χ1v) is 9.84. The number of carbonyl (C=O) groups excluding carboxylic acids is 2. The summed E-state index contributed by atoms with van der Waals surface area (Å²) >= 11 is 0. The molecule has 1 unspecified atom stereocenters. The second kappa shape index (κ2) is 8.10. The number of rotatable bonds is 4. The van der Waals surface area contributed by atoms with Gasteiger partial charge in [0.05, 0.1) is 11.7 Å². The molecule has 1 aromatic carbocycles. The summed E-state index contributed by atoms with van der Waals surface area (Å²) in [7, 11) is 0. The fraction of sp³-hybridized carbons (Fsp3) is 0.333. The van der Waals surface area contributed by atoms with Crippen LogP contribution in [0.3, 0.4) is 0 Å². The number of halogens is 1. The number of nitrogens with one attached hydrogen (secondary N) is 1. The van der Waals surface area contributed by atoms with Gasteiger partial charge in [0.15, 0.2) is 17.3 Å². The Labute approximate surface area is 173 Å². The van der Waals surface area contributed by atoms with E-state index in [1.54, 1.807) is 17.0 Å². The second-order valence-corrected chi connectivity index (χ2v) is 7.35. The number of hydrogen-bond donors (Lipinski definition) is 1. The van der Waals surface area contributed by atoms with Crippen LogP contribution in [0.25, 0.3) is 5.65 Å². The van der Waals surface area contributed by atoms with E-state index >= 15 is 0 Å². The molecule has 0 saturated carbocycles. The SMILES string of the molecule is CC(=O)c1ccc(N2CCN(C(=O)NC(C)c3nnc4ccccn34)CC2)c(F)c1. The minimum Gasteiger partial charge on any atom is -0.366 e. The zero-order valence-electron chi connectivity index (χ0n) is 16.9. The van der Waals surface area contributed by atoms with E-state index in [-0.39, 0.29) is 17.9 Å². The predicted molar refractivity (Wildman–Crippen MR) is 110 cm³/mol. The number of aromatic nitrogens is 3. The number of carbonyl (C=O) groups is 2. The molecule has 2 amide bonds. The van der Waals surface area contributed by atoms with Gasteiger partial charge in [-0.25, -0.2) is 9.18 Å². The van der Waals surface area contributed by atoms with Crippen LogP contribution in [-0.4, -0.2) is 57.5 Å². The molecule has 1 N–H and O–H groups in total. The summed E-state index contributed by atoms with van der Waals surface area (Å²) in [5.41, 5.74) is 1.52. The molecule has 0 radical (unpaired) electrons. The molecule has 2 aromatic heterocycles. The summed E-state index contributed by atoms with van der Waals surface area (Å²) in [6.07, 6.45) is 1.86. The summed E-state index contributed by atoms with van der Waals surface area (Å²) in [5, 5.41) is 11.3. The molecule has 1 aliphatic heterocycles. The van der Waals surface area contributed by atoms with E-state index in [9.17, 15) is 14.0 Å². The smallest absolute Gasteiger partial charge is 0.318 e. The first-order chi connectivity index (χ1) is 14.4. The number of amides is 2. The van der Waals surface area contributed by atoms with E-state index in [0.717, 1.165) is 5.65 Å². The summed E-state index contributed by atoms with van der Waals surface area (Å²) in [4.78, 5) is 27.7. The number of urea groups is 1. The molecule has 0 aliphatic carbocycles. The first kappa shape index (κ1) is 19.8. The number of fused-ring (bicyclic) bond motifs is 1. The van der Waals surface area contributed by atoms with Crippen LogP contribution < -0.4 is 10.2 Å². The Morgan fingerprint density at radius 3 is 2.57 bits per heavy atom. The largest absolute Gasteiger partial charge is 0.366 e. The fourth-order valence-electron chi connectivity index (χ4n) is 3.63. The summed E-state index contributed by atoms with van der Waals surface area (Å²) < 4.78 is 16.2. The molecular formula is C21H23FN6O2. The van der Waals surface area contributed by atoms with Crippen molar-refractivity contribution in [1.29, 1.82) is 0 Å². The van der Waals surface area contributed by atoms with Crippen molar-refractivity contribution in [2.24, 2.45) is 0 Å². The second-order valence-electron chi connectivity index (χ2n) is 7.35. The summed E-state index contributed by atoms with van der Waals surface area (Å²) in [6, 6.07) is 9.63. The van der Waals surface area contributed by atoms with Crippen molar-refractivity contribution in [2.45, 2.75) is 19.9 Å². The van der Waals surface area contributed by atoms with E-state index in [4.69, 9.17) is 0 Å². The maximum absolute atomic E-state index is 14.4. The zero-order valence-corrected chi connectivity index (χ0v) is 16.9. The van der Waals surface area contributed by atoms with Crippen molar-refractivity contribution in [3.8, 4) is 0 Å². The van der Waals surface area contributed by atoms with Gasteiger partial charge in [-0.3, -0.25) is 9.20 Å². The lowest BCUT2D eigenvalue weighted by Crippen LogP contribution is -2.52. The standard InChI is InChI=1S/C21H23FN6O2/c1-14(20-25-24-19-5-3-4-8-28(19)20)23-21(30)27-11-9-26(10-12-27)18-7-6-16(15(2)29)13-17(18)22/h3-8,13-14H,9-12H2,1-2H3,(H,23,30). The Kier molecular flexibility index (Phi) is 5.35. The molecule has 1 atom stereocenters. The van der Waals surface area contributed by atoms with Crippen LogP contribution in [0.4, 0.5) is 14.9 Å². The molecule has 1 saturated heterocycles. The highest BCUT2D eigenvalue weighted by atomic mass is 19.1. The van der Waals surface area contributed by atoms with Gasteiger partial charge in [-0.15, -0.1) is 10.2 Å². The van der Waals surface area contributed by atoms with Gasteiger partial charge < -0.3 is 15.1 Å². The van der Waals surface area contributed by atoms with Gasteiger partial charge in [0.1, 0.15) is 5.82 Å². The molecule has 1 aliphatic rings. The van der Waals surface area contributed by atoms with E-state index in [2.05, 4.69) is 15.5 Å². The number of ketones is 1. The van der Waals surface area contributed by atoms with Crippen LogP contribution in [-0.2, 0) is 0 Å². The van der Waals surface area contributed by atoms with E-state index in [1.807, 2.05) is 40.6 Å². The third-order valence-corrected chi connectivity index (χ3v) is 5.33. The highest BCUT2D eigenvalue weighted by Gasteiger charge is 2.25. The Hall–Kier alpha value is -3.49. The fourth-order valence-corrected chi connectivity index (χ4v) is 3.63. The quantitative estimate of drug-likeness (QED) is 0.669. The van der Waals surface area contributed by atoms with Crippen molar-refractivity contribution in [1.82, 2.24) is 24.8 Å². The van der Waals surface area contributed by atoms with Crippen LogP contribution >= 0.6 is 0 Å². The van der Waals surface area contributed by atoms with Gasteiger partial charge in [-0.2, -0.15) is 0 Å². The molecule has 3 aromatic rings. The molecule has 3 heterocycles. The third-order valence-electron chi connectivity index (χ3n) is 5.33. The Morgan fingerprint density at radius 1 is 1.10 bits per heavy atom. The monoisotopic (exact) mass is 410 g/mol. The number of anilines is 1. The van der Waals surface area contributed by atoms with Gasteiger partial charge in [0.25, 0.3) is 0 Å². The number of pyridine rings is 1. The Morgan fingerprint density at radius 2 is 1.87 bits per heavy atom. The number of Topliss-reactive ketones (excluding diaryl/α,β-unsaturated/α-hetero) is 1. The number of hydrogen-bond acceptors (Lipinski definition) is 5. The maximum Gasteiger partial charge on any atom is 0.318 e. The topological polar surface area (TPSA) is 82.8 Å². The third kappa shape index (κ3) is 3.83. The average molecular weight is 410 g/mol. The van der Waals surface area contributed by atoms with Crippen molar-refractivity contribution < 1.29 is 14.0 Å². The molecule has 1 fully saturated rings. The number of benzene rings is 1. The van der Waals surface area contributed by atoms with Crippen molar-refractivity contribution >= 4 is 23.1 Å². The minimum atomic E-state index is -0.423. The number of nitrogens with zero attached hydrogens (tertiary/aromatic N) is 5. The molecular weight excluding hydrogens is 387 g/mol. The van der Waals surface area contributed by atoms with Gasteiger partial charge in [0.2, 0.25) is 0 Å². The van der Waals surface area contributed by atoms with E-state index in [1.165, 1.54) is 13.0 Å². The van der Waals surface area contributed by atoms with Crippen LogP contribution in [0.15, 0.2) is 42.6 Å². The summed E-state index contributed by atoms with van der Waals surface area (Å²) in [6.45, 7) is 5.22. The van der Waals surface area contributed by atoms with Crippen LogP contribution in [0, 0.1) is 5.82 Å². The van der Waals surface area contributed by atoms with Gasteiger partial charge >= 0.3 is 6.03 Å². The molecule has 4 rings (SSSR count). The number of piperazine rings is 1. The van der Waals surface area contributed by atoms with Crippen LogP contribution in [0.2, 0.25) is 0 Å². The predicted octanol–water partition coefficient (Wildman–Crippen LogP) is 2.66. The first-order valence-electron chi connectivity index (χ1n) is 9.84. The van der Waals surface area contributed by atoms with Gasteiger partial charge in [-0.1, -0.05) is 6.07 Å². The summed E-state index contributed by atoms with van der Waals surface area (Å²) in [5.74, 6) is 0.0645. The van der Waals surface area contributed by atoms with Crippen molar-refractivity contribution in [3.63, 3.8) is 0 Å². The molecule has 8 nitrogen and oxygen atoms in total. The van der Waals surface area contributed by atoms with E-state index < -0.39 is 5.82 Å². The van der Waals surface area contributed by atoms with Crippen LogP contribution in [0.5, 0.6) is 0 Å². The average Bonchev–Trinajstić information content (AvgIpc) is 3.18. The van der Waals surface area contributed by atoms with Gasteiger partial charge in [-0.05, 0) is 44.2 Å². The van der Waals surface area contributed by atoms with Crippen molar-refractivity contribution in [2.75, 3.05) is 31.1 Å². The van der Waals surface area contributed by atoms with Gasteiger partial charge in [0, 0.05) is 37.9 Å². The lowest BCUT2D eigenvalue weighted by atomic mass is 10.1. The highest BCUT2D eigenvalue weighted by molar-refractivity contribution is 5.94. The van der Waals surface area contributed by atoms with Crippen molar-refractivity contribution in [3.05, 3.63) is 59.8 Å². The maximum atomic E-state index is 14.4. The molecule has 0 spiro atoms. The molecule has 9 heteroatoms. The Bertz CT molecular complexity index is 1090. The highest BCUT2D eigenvalue weighted by Crippen LogP contribution is 2.22. The minimum absolute atomic E-state index is 0.170. The molecule has 0 bridgehead atoms. The van der Waals surface area contributed by atoms with Crippen LogP contribution in [0.1, 0.15) is 36.1 Å². The zero-order chi connectivity index (χ0) is 21.3. The normalized spacial score (nSPS) is 15.3. The molecule has 156 valence electrons. The Balaban J connectivity index is 1.37. The molecule has 30 heavy (non-hydrogen) atoms. The lowest BCUT2D eigenvalue weighted by molar-refractivity contribution is 0.101. The lowest BCUT2D eigenvalue weighted by Gasteiger charge is -2.36. The van der Waals surface area contributed by atoms with E-state index in [0.29, 0.717) is 43.3 Å².